The first-order valence-electron chi connectivity index (χ1n) is 13.0. The number of aromatic nitrogens is 1. The fourth-order valence-electron chi connectivity index (χ4n) is 5.68. The lowest BCUT2D eigenvalue weighted by atomic mass is 9.88. The number of ether oxygens (including phenoxy) is 1. The third kappa shape index (κ3) is 3.69. The smallest absolute Gasteiger partial charge is 0.338 e. The van der Waals surface area contributed by atoms with Crippen LogP contribution in [0.25, 0.3) is 10.9 Å². The Labute approximate surface area is 221 Å². The predicted molar refractivity (Wildman–Crippen MR) is 145 cm³/mol. The third-order valence-electron chi connectivity index (χ3n) is 7.60. The molecule has 2 aliphatic rings. The van der Waals surface area contributed by atoms with Crippen LogP contribution < -0.4 is 4.90 Å². The van der Waals surface area contributed by atoms with E-state index in [0.29, 0.717) is 23.6 Å². The van der Waals surface area contributed by atoms with E-state index in [-0.39, 0.29) is 18.5 Å². The van der Waals surface area contributed by atoms with Crippen molar-refractivity contribution in [2.75, 3.05) is 11.5 Å². The molecule has 3 heterocycles. The van der Waals surface area contributed by atoms with Crippen molar-refractivity contribution in [1.29, 1.82) is 0 Å². The number of H-pyrrole nitrogens is 1. The molecule has 0 aliphatic carbocycles. The van der Waals surface area contributed by atoms with E-state index in [2.05, 4.69) is 49.2 Å². The normalized spacial score (nSPS) is 18.7. The Bertz CT molecular complexity index is 1550. The van der Waals surface area contributed by atoms with Crippen LogP contribution in [0.5, 0.6) is 0 Å². The number of amides is 3. The van der Waals surface area contributed by atoms with Crippen LogP contribution in [0.4, 0.5) is 10.5 Å². The van der Waals surface area contributed by atoms with Crippen LogP contribution in [0.1, 0.15) is 65.5 Å². The van der Waals surface area contributed by atoms with Gasteiger partial charge in [0.25, 0.3) is 5.91 Å². The number of hydrogen-bond donors (Lipinski definition) is 1. The Balaban J connectivity index is 1.44. The molecule has 1 aromatic heterocycles. The average molecular weight is 508 g/mol. The number of urea groups is 1. The number of carbonyl (C=O) groups is 3. The molecule has 4 aromatic rings. The number of benzene rings is 3. The molecule has 2 atom stereocenters. The van der Waals surface area contributed by atoms with Gasteiger partial charge in [0.1, 0.15) is 12.1 Å². The van der Waals surface area contributed by atoms with Crippen LogP contribution in [0.15, 0.2) is 72.8 Å². The number of imide groups is 1. The summed E-state index contributed by atoms with van der Waals surface area (Å²) in [6.07, 6.45) is 0.432. The van der Waals surface area contributed by atoms with Crippen LogP contribution >= 0.6 is 0 Å². The molecule has 1 N–H and O–H groups in total. The van der Waals surface area contributed by atoms with Crippen molar-refractivity contribution in [3.63, 3.8) is 0 Å². The second-order valence-corrected chi connectivity index (χ2v) is 10.1. The topological polar surface area (TPSA) is 82.7 Å². The Morgan fingerprint density at radius 3 is 2.39 bits per heavy atom. The highest BCUT2D eigenvalue weighted by Crippen LogP contribution is 2.45. The lowest BCUT2D eigenvalue weighted by Crippen LogP contribution is -2.44. The molecule has 192 valence electrons. The van der Waals surface area contributed by atoms with Crippen molar-refractivity contribution in [1.82, 2.24) is 9.88 Å². The van der Waals surface area contributed by atoms with E-state index >= 15 is 0 Å². The van der Waals surface area contributed by atoms with Gasteiger partial charge < -0.3 is 9.72 Å². The van der Waals surface area contributed by atoms with Crippen LogP contribution in [0, 0.1) is 0 Å². The molecule has 7 nitrogen and oxygen atoms in total. The van der Waals surface area contributed by atoms with E-state index in [1.807, 2.05) is 18.2 Å². The fraction of sp³-hybridized carbons (Fsp3) is 0.258. The second-order valence-electron chi connectivity index (χ2n) is 10.1. The van der Waals surface area contributed by atoms with Gasteiger partial charge >= 0.3 is 12.0 Å². The number of hydrogen-bond acceptors (Lipinski definition) is 4. The number of fused-ring (bicyclic) bond motifs is 4. The summed E-state index contributed by atoms with van der Waals surface area (Å²) < 4.78 is 5.06. The molecule has 1 fully saturated rings. The summed E-state index contributed by atoms with van der Waals surface area (Å²) in [4.78, 5) is 46.4. The molecule has 38 heavy (non-hydrogen) atoms. The van der Waals surface area contributed by atoms with Crippen LogP contribution in [0.2, 0.25) is 0 Å². The van der Waals surface area contributed by atoms with Gasteiger partial charge in [-0.1, -0.05) is 56.3 Å². The number of esters is 1. The van der Waals surface area contributed by atoms with Crippen LogP contribution in [-0.2, 0) is 16.0 Å². The van der Waals surface area contributed by atoms with Crippen molar-refractivity contribution in [2.45, 2.75) is 45.2 Å². The summed E-state index contributed by atoms with van der Waals surface area (Å²) in [5, 5.41) is 1.07. The highest BCUT2D eigenvalue weighted by atomic mass is 16.5. The van der Waals surface area contributed by atoms with Crippen molar-refractivity contribution in [3.05, 3.63) is 101 Å². The lowest BCUT2D eigenvalue weighted by molar-refractivity contribution is -0.120. The number of nitrogens with one attached hydrogen (secondary N) is 1. The molecule has 0 bridgehead atoms. The van der Waals surface area contributed by atoms with Crippen molar-refractivity contribution in [2.24, 2.45) is 0 Å². The number of rotatable bonds is 5. The predicted octanol–water partition coefficient (Wildman–Crippen LogP) is 5.95. The van der Waals surface area contributed by atoms with E-state index in [0.717, 1.165) is 27.7 Å². The van der Waals surface area contributed by atoms with Gasteiger partial charge in [0.2, 0.25) is 0 Å². The van der Waals surface area contributed by atoms with Gasteiger partial charge in [0, 0.05) is 23.0 Å². The van der Waals surface area contributed by atoms with E-state index in [1.54, 1.807) is 36.1 Å². The van der Waals surface area contributed by atoms with Gasteiger partial charge in [-0.2, -0.15) is 0 Å². The first-order valence-corrected chi connectivity index (χ1v) is 13.0. The number of para-hydroxylation sites is 1. The van der Waals surface area contributed by atoms with E-state index < -0.39 is 18.1 Å². The quantitative estimate of drug-likeness (QED) is 0.267. The van der Waals surface area contributed by atoms with Crippen molar-refractivity contribution >= 4 is 34.5 Å². The third-order valence-corrected chi connectivity index (χ3v) is 7.60. The maximum atomic E-state index is 14.0. The van der Waals surface area contributed by atoms with E-state index in [9.17, 15) is 14.4 Å². The molecular weight excluding hydrogens is 478 g/mol. The number of anilines is 1. The summed E-state index contributed by atoms with van der Waals surface area (Å²) in [5.74, 6) is -0.320. The summed E-state index contributed by atoms with van der Waals surface area (Å²) in [7, 11) is 0. The van der Waals surface area contributed by atoms with E-state index in [4.69, 9.17) is 4.74 Å². The highest BCUT2D eigenvalue weighted by molar-refractivity contribution is 6.22. The maximum absolute atomic E-state index is 14.0. The summed E-state index contributed by atoms with van der Waals surface area (Å²) >= 11 is 0. The summed E-state index contributed by atoms with van der Waals surface area (Å²) in [6, 6.07) is 21.4. The fourth-order valence-corrected chi connectivity index (χ4v) is 5.68. The number of carbonyl (C=O) groups excluding carboxylic acids is 3. The Hall–Kier alpha value is -4.39. The summed E-state index contributed by atoms with van der Waals surface area (Å²) in [6.45, 7) is 6.31. The Morgan fingerprint density at radius 2 is 1.71 bits per heavy atom. The van der Waals surface area contributed by atoms with Crippen LogP contribution in [0.3, 0.4) is 0 Å². The number of nitrogens with zero attached hydrogens (tertiary/aromatic N) is 2. The molecule has 0 saturated carbocycles. The van der Waals surface area contributed by atoms with Gasteiger partial charge in [0.15, 0.2) is 0 Å². The molecule has 0 spiro atoms. The Kier molecular flexibility index (Phi) is 5.79. The van der Waals surface area contributed by atoms with Gasteiger partial charge in [-0.05, 0) is 59.9 Å². The molecule has 7 heteroatoms. The zero-order valence-corrected chi connectivity index (χ0v) is 21.6. The van der Waals surface area contributed by atoms with Crippen molar-refractivity contribution in [3.8, 4) is 0 Å². The monoisotopic (exact) mass is 507 g/mol. The summed E-state index contributed by atoms with van der Waals surface area (Å²) in [5.41, 5.74) is 5.98. The minimum Gasteiger partial charge on any atom is -0.462 e. The number of aromatic amines is 1. The first kappa shape index (κ1) is 24.0. The second kappa shape index (κ2) is 9.17. The zero-order valence-electron chi connectivity index (χ0n) is 21.6. The molecule has 2 aliphatic heterocycles. The Morgan fingerprint density at radius 1 is 1.00 bits per heavy atom. The zero-order chi connectivity index (χ0) is 26.6. The van der Waals surface area contributed by atoms with Gasteiger partial charge in [0.05, 0.1) is 17.9 Å². The lowest BCUT2D eigenvalue weighted by Gasteiger charge is -2.36. The average Bonchev–Trinajstić information content (AvgIpc) is 3.42. The molecular formula is C31H29N3O4. The van der Waals surface area contributed by atoms with Gasteiger partial charge in [-0.25, -0.2) is 14.5 Å². The SMILES string of the molecule is CCOC(=O)c1ccc(N2C(=O)[C@@H]3Cc4c([nH]c5ccccc45)[C@@H](c4ccc(C(C)C)cc4)N3C2=O)cc1. The minimum absolute atomic E-state index is 0.265. The molecule has 0 radical (unpaired) electrons. The highest BCUT2D eigenvalue weighted by Gasteiger charge is 2.53. The maximum Gasteiger partial charge on any atom is 0.338 e. The molecule has 3 aromatic carbocycles. The standard InChI is InChI=1S/C31H29N3O4/c1-4-38-30(36)21-13-15-22(16-14-21)33-29(35)26-17-24-23-7-5-6-8-25(23)32-27(24)28(34(26)31(33)37)20-11-9-19(10-12-20)18(2)3/h5-16,18,26,28,32H,4,17H2,1-3H3/t26-,28+/m0/s1. The van der Waals surface area contributed by atoms with Crippen LogP contribution in [-0.4, -0.2) is 40.4 Å². The molecule has 6 rings (SSSR count). The largest absolute Gasteiger partial charge is 0.462 e. The van der Waals surface area contributed by atoms with Gasteiger partial charge in [-0.15, -0.1) is 0 Å². The minimum atomic E-state index is -0.631. The first-order chi connectivity index (χ1) is 18.4. The molecule has 1 saturated heterocycles. The molecule has 3 amide bonds. The molecule has 0 unspecified atom stereocenters. The van der Waals surface area contributed by atoms with Crippen molar-refractivity contribution < 1.29 is 19.1 Å². The van der Waals surface area contributed by atoms with Gasteiger partial charge in [-0.3, -0.25) is 9.69 Å². The van der Waals surface area contributed by atoms with E-state index in [1.165, 1.54) is 10.5 Å².